The third-order valence-corrected chi connectivity index (χ3v) is 3.57. The molecule has 0 aliphatic carbocycles. The van der Waals surface area contributed by atoms with Gasteiger partial charge in [0.1, 0.15) is 5.75 Å². The van der Waals surface area contributed by atoms with Crippen molar-refractivity contribution in [1.29, 1.82) is 0 Å². The monoisotopic (exact) mass is 314 g/mol. The molecule has 0 saturated heterocycles. The Kier molecular flexibility index (Phi) is 5.97. The van der Waals surface area contributed by atoms with E-state index in [4.69, 9.17) is 4.74 Å². The Hall–Kier alpha value is -2.56. The summed E-state index contributed by atoms with van der Waals surface area (Å²) >= 11 is 0. The van der Waals surface area contributed by atoms with Crippen LogP contribution in [0.25, 0.3) is 0 Å². The highest BCUT2D eigenvalue weighted by Crippen LogP contribution is 2.11. The first-order chi connectivity index (χ1) is 11.1. The van der Waals surface area contributed by atoms with Crippen LogP contribution < -0.4 is 15.6 Å². The average molecular weight is 314 g/mol. The first kappa shape index (κ1) is 16.8. The van der Waals surface area contributed by atoms with Crippen LogP contribution in [-0.4, -0.2) is 24.1 Å². The van der Waals surface area contributed by atoms with E-state index in [1.54, 1.807) is 23.9 Å². The number of nitrogens with zero attached hydrogens (tertiary/aromatic N) is 1. The first-order valence-electron chi connectivity index (χ1n) is 7.65. The van der Waals surface area contributed by atoms with E-state index >= 15 is 0 Å². The highest BCUT2D eigenvalue weighted by atomic mass is 16.5. The van der Waals surface area contributed by atoms with E-state index in [9.17, 15) is 9.59 Å². The summed E-state index contributed by atoms with van der Waals surface area (Å²) < 4.78 is 6.74. The predicted molar refractivity (Wildman–Crippen MR) is 89.8 cm³/mol. The fraction of sp³-hybridized carbons (Fsp3) is 0.333. The van der Waals surface area contributed by atoms with Crippen LogP contribution in [0.5, 0.6) is 5.75 Å². The third-order valence-electron chi connectivity index (χ3n) is 3.57. The molecular formula is C18H22N2O3. The number of methoxy groups -OCH3 is 1. The second kappa shape index (κ2) is 8.17. The van der Waals surface area contributed by atoms with Crippen LogP contribution in [0, 0.1) is 6.92 Å². The van der Waals surface area contributed by atoms with Crippen molar-refractivity contribution in [2.75, 3.05) is 13.7 Å². The number of amides is 1. The molecular weight excluding hydrogens is 292 g/mol. The van der Waals surface area contributed by atoms with Gasteiger partial charge in [-0.05, 0) is 42.7 Å². The molecule has 0 unspecified atom stereocenters. The minimum atomic E-state index is -0.0218. The normalized spacial score (nSPS) is 10.3. The van der Waals surface area contributed by atoms with Gasteiger partial charge in [-0.2, -0.15) is 0 Å². The fourth-order valence-corrected chi connectivity index (χ4v) is 2.26. The average Bonchev–Trinajstić information content (AvgIpc) is 2.54. The molecule has 1 amide bonds. The van der Waals surface area contributed by atoms with E-state index in [0.29, 0.717) is 19.5 Å². The molecule has 0 atom stereocenters. The van der Waals surface area contributed by atoms with Crippen molar-refractivity contribution in [3.8, 4) is 5.75 Å². The van der Waals surface area contributed by atoms with Crippen LogP contribution in [-0.2, 0) is 17.8 Å². The molecule has 0 saturated carbocycles. The zero-order valence-electron chi connectivity index (χ0n) is 13.5. The Morgan fingerprint density at radius 3 is 2.61 bits per heavy atom. The number of rotatable bonds is 7. The molecule has 0 spiro atoms. The topological polar surface area (TPSA) is 60.3 Å². The molecule has 5 nitrogen and oxygen atoms in total. The van der Waals surface area contributed by atoms with Crippen molar-refractivity contribution < 1.29 is 9.53 Å². The van der Waals surface area contributed by atoms with Gasteiger partial charge >= 0.3 is 0 Å². The van der Waals surface area contributed by atoms with Gasteiger partial charge in [-0.1, -0.05) is 12.1 Å². The van der Waals surface area contributed by atoms with E-state index in [-0.39, 0.29) is 11.5 Å². The molecule has 0 aliphatic rings. The quantitative estimate of drug-likeness (QED) is 0.794. The summed E-state index contributed by atoms with van der Waals surface area (Å²) in [5.41, 5.74) is 1.90. The lowest BCUT2D eigenvalue weighted by atomic mass is 10.1. The summed E-state index contributed by atoms with van der Waals surface area (Å²) in [6, 6.07) is 11.0. The van der Waals surface area contributed by atoms with Gasteiger partial charge in [-0.25, -0.2) is 0 Å². The van der Waals surface area contributed by atoms with Gasteiger partial charge in [0.2, 0.25) is 5.91 Å². The molecule has 0 fully saturated rings. The SMILES string of the molecule is COc1ccc(CC(=O)NCCCn2ccc(C)cc2=O)cc1. The van der Waals surface area contributed by atoms with E-state index in [0.717, 1.165) is 23.3 Å². The zero-order chi connectivity index (χ0) is 16.7. The molecule has 1 N–H and O–H groups in total. The van der Waals surface area contributed by atoms with Crippen molar-refractivity contribution in [3.05, 3.63) is 64.1 Å². The largest absolute Gasteiger partial charge is 0.497 e. The number of aryl methyl sites for hydroxylation is 2. The Balaban J connectivity index is 1.73. The van der Waals surface area contributed by atoms with Gasteiger partial charge in [0.15, 0.2) is 0 Å². The minimum absolute atomic E-state index is 0.00504. The van der Waals surface area contributed by atoms with Gasteiger partial charge in [-0.3, -0.25) is 9.59 Å². The number of nitrogens with one attached hydrogen (secondary N) is 1. The number of aromatic nitrogens is 1. The van der Waals surface area contributed by atoms with Crippen molar-refractivity contribution >= 4 is 5.91 Å². The van der Waals surface area contributed by atoms with Gasteiger partial charge in [-0.15, -0.1) is 0 Å². The number of hydrogen-bond acceptors (Lipinski definition) is 3. The van der Waals surface area contributed by atoms with Gasteiger partial charge < -0.3 is 14.6 Å². The maximum Gasteiger partial charge on any atom is 0.250 e. The number of ether oxygens (including phenoxy) is 1. The molecule has 0 aliphatic heterocycles. The summed E-state index contributed by atoms with van der Waals surface area (Å²) in [6.45, 7) is 3.04. The lowest BCUT2D eigenvalue weighted by Crippen LogP contribution is -2.28. The maximum atomic E-state index is 11.9. The van der Waals surface area contributed by atoms with Gasteiger partial charge in [0.25, 0.3) is 5.56 Å². The molecule has 1 aromatic heterocycles. The molecule has 2 rings (SSSR count). The number of hydrogen-bond donors (Lipinski definition) is 1. The molecule has 0 bridgehead atoms. The van der Waals surface area contributed by atoms with Crippen LogP contribution in [0.1, 0.15) is 17.5 Å². The van der Waals surface area contributed by atoms with Crippen LogP contribution in [0.4, 0.5) is 0 Å². The summed E-state index contributed by atoms with van der Waals surface area (Å²) in [7, 11) is 1.61. The maximum absolute atomic E-state index is 11.9. The third kappa shape index (κ3) is 5.29. The molecule has 2 aromatic rings. The highest BCUT2D eigenvalue weighted by molar-refractivity contribution is 5.78. The second-order valence-corrected chi connectivity index (χ2v) is 5.46. The molecule has 122 valence electrons. The predicted octanol–water partition coefficient (Wildman–Crippen LogP) is 1.91. The Labute approximate surface area is 135 Å². The first-order valence-corrected chi connectivity index (χ1v) is 7.65. The smallest absolute Gasteiger partial charge is 0.250 e. The Morgan fingerprint density at radius 1 is 1.22 bits per heavy atom. The lowest BCUT2D eigenvalue weighted by molar-refractivity contribution is -0.120. The van der Waals surface area contributed by atoms with E-state index < -0.39 is 0 Å². The standard InChI is InChI=1S/C18H22N2O3/c1-14-8-11-20(18(22)12-14)10-3-9-19-17(21)13-15-4-6-16(23-2)7-5-15/h4-8,11-12H,3,9-10,13H2,1-2H3,(H,19,21). The van der Waals surface area contributed by atoms with Crippen LogP contribution in [0.3, 0.4) is 0 Å². The van der Waals surface area contributed by atoms with Crippen LogP contribution in [0.2, 0.25) is 0 Å². The highest BCUT2D eigenvalue weighted by Gasteiger charge is 2.03. The van der Waals surface area contributed by atoms with Crippen molar-refractivity contribution in [2.24, 2.45) is 0 Å². The number of benzene rings is 1. The van der Waals surface area contributed by atoms with Crippen LogP contribution >= 0.6 is 0 Å². The van der Waals surface area contributed by atoms with Crippen molar-refractivity contribution in [3.63, 3.8) is 0 Å². The lowest BCUT2D eigenvalue weighted by Gasteiger charge is -2.08. The molecule has 23 heavy (non-hydrogen) atoms. The Morgan fingerprint density at radius 2 is 1.96 bits per heavy atom. The van der Waals surface area contributed by atoms with Gasteiger partial charge in [0.05, 0.1) is 13.5 Å². The summed E-state index contributed by atoms with van der Waals surface area (Å²) in [4.78, 5) is 23.6. The molecule has 1 heterocycles. The Bertz CT molecular complexity index is 705. The van der Waals surface area contributed by atoms with Gasteiger partial charge in [0, 0.05) is 25.4 Å². The van der Waals surface area contributed by atoms with E-state index in [1.165, 1.54) is 0 Å². The molecule has 0 radical (unpaired) electrons. The summed E-state index contributed by atoms with van der Waals surface area (Å²) in [5.74, 6) is 0.754. The molecule has 5 heteroatoms. The van der Waals surface area contributed by atoms with E-state index in [2.05, 4.69) is 5.32 Å². The fourth-order valence-electron chi connectivity index (χ4n) is 2.26. The number of pyridine rings is 1. The van der Waals surface area contributed by atoms with Crippen molar-refractivity contribution in [1.82, 2.24) is 9.88 Å². The number of carbonyl (C=O) groups is 1. The summed E-state index contributed by atoms with van der Waals surface area (Å²) in [6.07, 6.45) is 2.85. The van der Waals surface area contributed by atoms with Crippen molar-refractivity contribution in [2.45, 2.75) is 26.3 Å². The number of carbonyl (C=O) groups excluding carboxylic acids is 1. The zero-order valence-corrected chi connectivity index (χ0v) is 13.5. The second-order valence-electron chi connectivity index (χ2n) is 5.46. The summed E-state index contributed by atoms with van der Waals surface area (Å²) in [5, 5.41) is 2.88. The minimum Gasteiger partial charge on any atom is -0.497 e. The van der Waals surface area contributed by atoms with Crippen LogP contribution in [0.15, 0.2) is 47.4 Å². The van der Waals surface area contributed by atoms with E-state index in [1.807, 2.05) is 37.3 Å². The molecule has 1 aromatic carbocycles.